The van der Waals surface area contributed by atoms with E-state index in [9.17, 15) is 5.26 Å². The van der Waals surface area contributed by atoms with Crippen LogP contribution in [0.15, 0.2) is 17.1 Å². The second-order valence-electron chi connectivity index (χ2n) is 9.22. The number of methoxy groups -OCH3 is 1. The normalized spacial score (nSPS) is 15.8. The molecule has 7 nitrogen and oxygen atoms in total. The molecule has 31 heavy (non-hydrogen) atoms. The first-order valence-corrected chi connectivity index (χ1v) is 11.0. The molecule has 0 saturated carbocycles. The van der Waals surface area contributed by atoms with Crippen LogP contribution in [0.1, 0.15) is 45.6 Å². The number of rotatable bonds is 10. The molecule has 1 saturated heterocycles. The summed E-state index contributed by atoms with van der Waals surface area (Å²) in [5.41, 5.74) is 0.975. The maximum absolute atomic E-state index is 9.41. The van der Waals surface area contributed by atoms with Gasteiger partial charge in [-0.2, -0.15) is 5.26 Å². The van der Waals surface area contributed by atoms with Crippen LogP contribution < -0.4 is 9.47 Å². The molecule has 172 valence electrons. The number of hydrogen-bond donors (Lipinski definition) is 0. The summed E-state index contributed by atoms with van der Waals surface area (Å²) in [6.07, 6.45) is 5.04. The molecule has 0 radical (unpaired) electrons. The molecule has 0 bridgehead atoms. The molecule has 0 aliphatic carbocycles. The first kappa shape index (κ1) is 25.0. The largest absolute Gasteiger partial charge is 0.493 e. The quantitative estimate of drug-likeness (QED) is 0.411. The lowest BCUT2D eigenvalue weighted by atomic mass is 9.94. The molecule has 1 aromatic carbocycles. The van der Waals surface area contributed by atoms with E-state index in [4.69, 9.17) is 14.2 Å². The summed E-state index contributed by atoms with van der Waals surface area (Å²) in [6.45, 7) is 10.9. The van der Waals surface area contributed by atoms with Gasteiger partial charge >= 0.3 is 0 Å². The standard InChI is InChI=1S/C24H38N4O3/c1-24(2,3)31-14-12-28-10-7-19(8-11-28)9-13-30-23-16-21(26-18-27(4)5)20(17-25)15-22(23)29-6/h15-16,18-19H,7-14H2,1-6H3/b26-18-. The summed E-state index contributed by atoms with van der Waals surface area (Å²) < 4.78 is 17.3. The first-order valence-electron chi connectivity index (χ1n) is 11.0. The van der Waals surface area contributed by atoms with E-state index in [1.54, 1.807) is 25.6 Å². The van der Waals surface area contributed by atoms with Crippen molar-refractivity contribution in [2.45, 2.75) is 45.6 Å². The summed E-state index contributed by atoms with van der Waals surface area (Å²) in [5, 5.41) is 9.41. The maximum atomic E-state index is 9.41. The summed E-state index contributed by atoms with van der Waals surface area (Å²) in [4.78, 5) is 8.70. The zero-order valence-electron chi connectivity index (χ0n) is 20.0. The maximum Gasteiger partial charge on any atom is 0.163 e. The number of nitriles is 1. The zero-order chi connectivity index (χ0) is 22.9. The van der Waals surface area contributed by atoms with Crippen molar-refractivity contribution in [1.82, 2.24) is 9.80 Å². The highest BCUT2D eigenvalue weighted by Crippen LogP contribution is 2.35. The van der Waals surface area contributed by atoms with Crippen molar-refractivity contribution in [2.75, 3.05) is 54.1 Å². The van der Waals surface area contributed by atoms with Gasteiger partial charge in [-0.25, -0.2) is 4.99 Å². The van der Waals surface area contributed by atoms with Crippen molar-refractivity contribution >= 4 is 12.0 Å². The van der Waals surface area contributed by atoms with Crippen LogP contribution in [-0.4, -0.2) is 75.8 Å². The number of aliphatic imine (C=N–C) groups is 1. The third kappa shape index (κ3) is 8.76. The van der Waals surface area contributed by atoms with Gasteiger partial charge in [-0.15, -0.1) is 0 Å². The smallest absolute Gasteiger partial charge is 0.163 e. The molecular weight excluding hydrogens is 392 g/mol. The van der Waals surface area contributed by atoms with Gasteiger partial charge in [0, 0.05) is 32.8 Å². The average Bonchev–Trinajstić information content (AvgIpc) is 2.72. The van der Waals surface area contributed by atoms with E-state index in [-0.39, 0.29) is 5.60 Å². The number of likely N-dealkylation sites (tertiary alicyclic amines) is 1. The molecule has 1 aliphatic heterocycles. The highest BCUT2D eigenvalue weighted by Gasteiger charge is 2.20. The second-order valence-corrected chi connectivity index (χ2v) is 9.22. The van der Waals surface area contributed by atoms with E-state index >= 15 is 0 Å². The summed E-state index contributed by atoms with van der Waals surface area (Å²) in [6, 6.07) is 5.65. The lowest BCUT2D eigenvalue weighted by Gasteiger charge is -2.32. The average molecular weight is 431 g/mol. The Balaban J connectivity index is 1.84. The highest BCUT2D eigenvalue weighted by atomic mass is 16.5. The number of piperidine rings is 1. The van der Waals surface area contributed by atoms with Gasteiger partial charge in [0.05, 0.1) is 43.5 Å². The number of nitrogens with zero attached hydrogens (tertiary/aromatic N) is 4. The van der Waals surface area contributed by atoms with Gasteiger partial charge in [-0.3, -0.25) is 0 Å². The Labute approximate surface area is 187 Å². The highest BCUT2D eigenvalue weighted by molar-refractivity contribution is 5.68. The van der Waals surface area contributed by atoms with Crippen LogP contribution in [0, 0.1) is 17.2 Å². The Kier molecular flexibility index (Phi) is 9.60. The zero-order valence-corrected chi connectivity index (χ0v) is 20.0. The minimum Gasteiger partial charge on any atom is -0.493 e. The minimum absolute atomic E-state index is 0.0696. The Morgan fingerprint density at radius 2 is 1.90 bits per heavy atom. The summed E-state index contributed by atoms with van der Waals surface area (Å²) in [7, 11) is 5.37. The Bertz CT molecular complexity index is 757. The molecule has 0 N–H and O–H groups in total. The third-order valence-electron chi connectivity index (χ3n) is 5.26. The van der Waals surface area contributed by atoms with Crippen LogP contribution in [0.25, 0.3) is 0 Å². The SMILES string of the molecule is COc1cc(C#N)c(/N=C\N(C)C)cc1OCCC1CCN(CCOC(C)(C)C)CC1. The van der Waals surface area contributed by atoms with Gasteiger partial charge in [0.2, 0.25) is 0 Å². The summed E-state index contributed by atoms with van der Waals surface area (Å²) >= 11 is 0. The predicted molar refractivity (Wildman–Crippen MR) is 125 cm³/mol. The van der Waals surface area contributed by atoms with Crippen LogP contribution >= 0.6 is 0 Å². The van der Waals surface area contributed by atoms with Gasteiger partial charge in [0.15, 0.2) is 11.5 Å². The molecule has 0 unspecified atom stereocenters. The lowest BCUT2D eigenvalue weighted by molar-refractivity contribution is -0.0165. The number of ether oxygens (including phenoxy) is 3. The molecule has 7 heteroatoms. The first-order chi connectivity index (χ1) is 14.7. The minimum atomic E-state index is -0.0696. The molecule has 1 aromatic rings. The van der Waals surface area contributed by atoms with E-state index in [1.165, 1.54) is 12.8 Å². The van der Waals surface area contributed by atoms with E-state index < -0.39 is 0 Å². The molecule has 2 rings (SSSR count). The van der Waals surface area contributed by atoms with Crippen molar-refractivity contribution < 1.29 is 14.2 Å². The van der Waals surface area contributed by atoms with Crippen LogP contribution in [-0.2, 0) is 4.74 Å². The molecule has 0 aromatic heterocycles. The van der Waals surface area contributed by atoms with Crippen molar-refractivity contribution in [3.63, 3.8) is 0 Å². The fourth-order valence-corrected chi connectivity index (χ4v) is 3.51. The monoisotopic (exact) mass is 430 g/mol. The van der Waals surface area contributed by atoms with Gasteiger partial charge in [0.1, 0.15) is 6.07 Å². The van der Waals surface area contributed by atoms with E-state index in [0.29, 0.717) is 35.3 Å². The van der Waals surface area contributed by atoms with Crippen LogP contribution in [0.2, 0.25) is 0 Å². The Morgan fingerprint density at radius 1 is 1.19 bits per heavy atom. The van der Waals surface area contributed by atoms with Crippen molar-refractivity contribution in [1.29, 1.82) is 5.26 Å². The molecule has 1 aliphatic rings. The molecular formula is C24H38N4O3. The summed E-state index contributed by atoms with van der Waals surface area (Å²) in [5.74, 6) is 1.86. The topological polar surface area (TPSA) is 70.3 Å². The van der Waals surface area contributed by atoms with Gasteiger partial charge < -0.3 is 24.0 Å². The van der Waals surface area contributed by atoms with E-state index in [1.807, 2.05) is 19.0 Å². The van der Waals surface area contributed by atoms with Crippen molar-refractivity contribution in [2.24, 2.45) is 10.9 Å². The lowest BCUT2D eigenvalue weighted by Crippen LogP contribution is -2.37. The van der Waals surface area contributed by atoms with E-state index in [2.05, 4.69) is 36.7 Å². The fraction of sp³-hybridized carbons (Fsp3) is 0.667. The second kappa shape index (κ2) is 11.9. The molecule has 0 atom stereocenters. The van der Waals surface area contributed by atoms with Crippen LogP contribution in [0.4, 0.5) is 5.69 Å². The van der Waals surface area contributed by atoms with Gasteiger partial charge in [0.25, 0.3) is 0 Å². The van der Waals surface area contributed by atoms with Crippen molar-refractivity contribution in [3.8, 4) is 17.6 Å². The Hall–Kier alpha value is -2.30. The number of hydrogen-bond acceptors (Lipinski definition) is 6. The van der Waals surface area contributed by atoms with Crippen LogP contribution in [0.3, 0.4) is 0 Å². The Morgan fingerprint density at radius 3 is 2.48 bits per heavy atom. The van der Waals surface area contributed by atoms with Gasteiger partial charge in [-0.05, 0) is 59.0 Å². The van der Waals surface area contributed by atoms with Gasteiger partial charge in [-0.1, -0.05) is 0 Å². The molecule has 1 fully saturated rings. The predicted octanol–water partition coefficient (Wildman–Crippen LogP) is 4.08. The number of benzene rings is 1. The molecule has 1 heterocycles. The van der Waals surface area contributed by atoms with Crippen LogP contribution in [0.5, 0.6) is 11.5 Å². The third-order valence-corrected chi connectivity index (χ3v) is 5.26. The fourth-order valence-electron chi connectivity index (χ4n) is 3.51. The van der Waals surface area contributed by atoms with E-state index in [0.717, 1.165) is 32.7 Å². The molecule has 0 amide bonds. The molecule has 0 spiro atoms. The van der Waals surface area contributed by atoms with Crippen molar-refractivity contribution in [3.05, 3.63) is 17.7 Å².